The number of hydrogen-bond donors (Lipinski definition) is 1. The number of para-hydroxylation sites is 1. The molecular weight excluding hydrogens is 328 g/mol. The minimum atomic E-state index is -4.48. The Bertz CT molecular complexity index is 619. The number of nitrogens with zero attached hydrogens (tertiary/aromatic N) is 2. The van der Waals surface area contributed by atoms with Crippen LogP contribution in [-0.4, -0.2) is 51.3 Å². The van der Waals surface area contributed by atoms with Crippen LogP contribution < -0.4 is 4.90 Å². The summed E-state index contributed by atoms with van der Waals surface area (Å²) >= 11 is 0. The van der Waals surface area contributed by atoms with Crippen LogP contribution in [0, 0.1) is 0 Å². The maximum absolute atomic E-state index is 11.3. The van der Waals surface area contributed by atoms with Gasteiger partial charge in [-0.25, -0.2) is 4.18 Å². The van der Waals surface area contributed by atoms with Crippen molar-refractivity contribution in [1.82, 2.24) is 4.90 Å². The van der Waals surface area contributed by atoms with Gasteiger partial charge in [-0.2, -0.15) is 8.42 Å². The fourth-order valence-electron chi connectivity index (χ4n) is 3.18. The molecule has 0 radical (unpaired) electrons. The Balaban J connectivity index is 2.04. The maximum atomic E-state index is 11.3. The Morgan fingerprint density at radius 2 is 2.00 bits per heavy atom. The molecule has 1 aliphatic rings. The van der Waals surface area contributed by atoms with Crippen LogP contribution in [0.2, 0.25) is 0 Å². The predicted octanol–water partition coefficient (Wildman–Crippen LogP) is 2.71. The van der Waals surface area contributed by atoms with Crippen LogP contribution in [0.25, 0.3) is 0 Å². The molecule has 1 aliphatic heterocycles. The molecule has 7 heteroatoms. The third kappa shape index (κ3) is 6.05. The molecule has 0 aromatic heterocycles. The van der Waals surface area contributed by atoms with Crippen molar-refractivity contribution in [1.29, 1.82) is 0 Å². The quantitative estimate of drug-likeness (QED) is 0.542. The smallest absolute Gasteiger partial charge is 0.345 e. The van der Waals surface area contributed by atoms with Crippen molar-refractivity contribution < 1.29 is 17.2 Å². The molecule has 1 N–H and O–H groups in total. The highest BCUT2D eigenvalue weighted by Crippen LogP contribution is 2.30. The van der Waals surface area contributed by atoms with Gasteiger partial charge in [0.05, 0.1) is 0 Å². The zero-order valence-corrected chi connectivity index (χ0v) is 15.3. The lowest BCUT2D eigenvalue weighted by atomic mass is 10.0. The second-order valence-corrected chi connectivity index (χ2v) is 7.60. The molecule has 0 saturated carbocycles. The largest absolute Gasteiger partial charge is 0.399 e. The Hall–Kier alpha value is -1.15. The lowest BCUT2D eigenvalue weighted by Gasteiger charge is -2.36. The molecule has 0 amide bonds. The standard InChI is InChI=1S/C17H28N2O4S/c1-18(2)13-7-3-4-12-17(23-24(20,21)22)19-14-8-10-15-9-5-6-11-16(15)19/h5-6,9,11,17H,3-4,7-8,10,12-14H2,1-2H3,(H,20,21,22). The summed E-state index contributed by atoms with van der Waals surface area (Å²) in [5.41, 5.74) is 2.20. The van der Waals surface area contributed by atoms with Gasteiger partial charge in [0.25, 0.3) is 0 Å². The molecule has 1 aromatic carbocycles. The number of aryl methyl sites for hydroxylation is 1. The SMILES string of the molecule is CN(C)CCCCCC(OS(=O)(=O)O)N1CCCc2ccccc21. The molecule has 0 aliphatic carbocycles. The predicted molar refractivity (Wildman–Crippen MR) is 95.6 cm³/mol. The van der Waals surface area contributed by atoms with E-state index in [0.717, 1.165) is 50.9 Å². The molecule has 24 heavy (non-hydrogen) atoms. The van der Waals surface area contributed by atoms with Gasteiger partial charge in [0.1, 0.15) is 0 Å². The van der Waals surface area contributed by atoms with Crippen LogP contribution in [0.4, 0.5) is 5.69 Å². The number of rotatable bonds is 9. The van der Waals surface area contributed by atoms with E-state index in [2.05, 4.69) is 11.0 Å². The van der Waals surface area contributed by atoms with Crippen molar-refractivity contribution in [3.05, 3.63) is 29.8 Å². The number of benzene rings is 1. The second kappa shape index (κ2) is 8.80. The van der Waals surface area contributed by atoms with E-state index in [0.29, 0.717) is 6.42 Å². The summed E-state index contributed by atoms with van der Waals surface area (Å²) in [5.74, 6) is 0. The molecule has 0 spiro atoms. The van der Waals surface area contributed by atoms with Gasteiger partial charge in [0, 0.05) is 12.2 Å². The highest BCUT2D eigenvalue weighted by molar-refractivity contribution is 7.80. The first kappa shape index (κ1) is 19.2. The van der Waals surface area contributed by atoms with Crippen molar-refractivity contribution >= 4 is 16.1 Å². The fraction of sp³-hybridized carbons (Fsp3) is 0.647. The van der Waals surface area contributed by atoms with Gasteiger partial charge in [0.2, 0.25) is 0 Å². The Morgan fingerprint density at radius 1 is 1.25 bits per heavy atom. The van der Waals surface area contributed by atoms with Gasteiger partial charge in [0.15, 0.2) is 6.23 Å². The first-order valence-corrected chi connectivity index (χ1v) is 9.88. The van der Waals surface area contributed by atoms with Gasteiger partial charge in [-0.1, -0.05) is 24.6 Å². The number of fused-ring (bicyclic) bond motifs is 1. The Morgan fingerprint density at radius 3 is 2.71 bits per heavy atom. The molecular formula is C17H28N2O4S. The van der Waals surface area contributed by atoms with E-state index < -0.39 is 16.6 Å². The van der Waals surface area contributed by atoms with Crippen molar-refractivity contribution in [2.45, 2.75) is 44.8 Å². The van der Waals surface area contributed by atoms with Crippen molar-refractivity contribution in [3.63, 3.8) is 0 Å². The van der Waals surface area contributed by atoms with E-state index in [1.165, 1.54) is 5.56 Å². The monoisotopic (exact) mass is 356 g/mol. The summed E-state index contributed by atoms with van der Waals surface area (Å²) in [5, 5.41) is 0. The third-order valence-electron chi connectivity index (χ3n) is 4.28. The average molecular weight is 356 g/mol. The summed E-state index contributed by atoms with van der Waals surface area (Å²) < 4.78 is 36.7. The summed E-state index contributed by atoms with van der Waals surface area (Å²) in [6.07, 6.45) is 4.76. The van der Waals surface area contributed by atoms with Gasteiger partial charge in [-0.15, -0.1) is 0 Å². The second-order valence-electron chi connectivity index (χ2n) is 6.56. The summed E-state index contributed by atoms with van der Waals surface area (Å²) in [4.78, 5) is 4.10. The van der Waals surface area contributed by atoms with Crippen molar-refractivity contribution in [2.24, 2.45) is 0 Å². The van der Waals surface area contributed by atoms with Gasteiger partial charge in [-0.3, -0.25) is 4.55 Å². The lowest BCUT2D eigenvalue weighted by Crippen LogP contribution is -2.42. The molecule has 0 fully saturated rings. The molecule has 1 aromatic rings. The van der Waals surface area contributed by atoms with Crippen LogP contribution in [-0.2, 0) is 21.0 Å². The summed E-state index contributed by atoms with van der Waals surface area (Å²) in [6, 6.07) is 7.98. The molecule has 0 saturated heterocycles. The van der Waals surface area contributed by atoms with Crippen LogP contribution in [0.1, 0.15) is 37.7 Å². The Kier molecular flexibility index (Phi) is 7.03. The molecule has 1 heterocycles. The normalized spacial score (nSPS) is 16.2. The lowest BCUT2D eigenvalue weighted by molar-refractivity contribution is 0.162. The Labute approximate surface area is 145 Å². The maximum Gasteiger partial charge on any atom is 0.399 e. The van der Waals surface area contributed by atoms with E-state index in [4.69, 9.17) is 8.74 Å². The summed E-state index contributed by atoms with van der Waals surface area (Å²) in [7, 11) is -0.408. The molecule has 6 nitrogen and oxygen atoms in total. The first-order valence-electron chi connectivity index (χ1n) is 8.52. The number of anilines is 1. The van der Waals surface area contributed by atoms with E-state index in [9.17, 15) is 8.42 Å². The summed E-state index contributed by atoms with van der Waals surface area (Å²) in [6.45, 7) is 1.74. The highest BCUT2D eigenvalue weighted by Gasteiger charge is 2.27. The number of unbranched alkanes of at least 4 members (excludes halogenated alkanes) is 2. The van der Waals surface area contributed by atoms with Crippen LogP contribution in [0.5, 0.6) is 0 Å². The van der Waals surface area contributed by atoms with Crippen molar-refractivity contribution in [3.8, 4) is 0 Å². The van der Waals surface area contributed by atoms with Gasteiger partial charge < -0.3 is 9.80 Å². The number of hydrogen-bond acceptors (Lipinski definition) is 5. The zero-order chi connectivity index (χ0) is 17.6. The van der Waals surface area contributed by atoms with Gasteiger partial charge in [-0.05, 0) is 64.4 Å². The van der Waals surface area contributed by atoms with E-state index in [1.54, 1.807) is 0 Å². The van der Waals surface area contributed by atoms with Crippen LogP contribution in [0.15, 0.2) is 24.3 Å². The first-order chi connectivity index (χ1) is 11.4. The molecule has 136 valence electrons. The third-order valence-corrected chi connectivity index (χ3v) is 4.75. The molecule has 1 atom stereocenters. The van der Waals surface area contributed by atoms with Crippen molar-refractivity contribution in [2.75, 3.05) is 32.1 Å². The van der Waals surface area contributed by atoms with E-state index in [-0.39, 0.29) is 0 Å². The minimum absolute atomic E-state index is 0.571. The van der Waals surface area contributed by atoms with Gasteiger partial charge >= 0.3 is 10.4 Å². The highest BCUT2D eigenvalue weighted by atomic mass is 32.3. The molecule has 2 rings (SSSR count). The van der Waals surface area contributed by atoms with E-state index >= 15 is 0 Å². The van der Waals surface area contributed by atoms with Crippen LogP contribution >= 0.6 is 0 Å². The van der Waals surface area contributed by atoms with Crippen LogP contribution in [0.3, 0.4) is 0 Å². The van der Waals surface area contributed by atoms with E-state index in [1.807, 2.05) is 37.2 Å². The molecule has 0 bridgehead atoms. The minimum Gasteiger partial charge on any atom is -0.345 e. The average Bonchev–Trinajstić information content (AvgIpc) is 2.51. The molecule has 1 unspecified atom stereocenters. The topological polar surface area (TPSA) is 70.1 Å². The fourth-order valence-corrected chi connectivity index (χ4v) is 3.66. The zero-order valence-electron chi connectivity index (χ0n) is 14.5.